The fourth-order valence-electron chi connectivity index (χ4n) is 2.34. The molecule has 1 rings (SSSR count). The molecule has 1 unspecified atom stereocenters. The highest BCUT2D eigenvalue weighted by atomic mass is 32.2. The summed E-state index contributed by atoms with van der Waals surface area (Å²) in [6, 6.07) is 0.124. The Morgan fingerprint density at radius 1 is 1.26 bits per heavy atom. The topological polar surface area (TPSA) is 43.8 Å². The lowest BCUT2D eigenvalue weighted by Gasteiger charge is -2.16. The molecule has 1 atom stereocenters. The van der Waals surface area contributed by atoms with Gasteiger partial charge in [0, 0.05) is 18.8 Å². The van der Waals surface area contributed by atoms with E-state index in [1.54, 1.807) is 0 Å². The zero-order valence-electron chi connectivity index (χ0n) is 12.6. The van der Waals surface area contributed by atoms with Crippen molar-refractivity contribution >= 4 is 11.8 Å². The molecule has 1 aromatic rings. The molecular weight excluding hydrogens is 254 g/mol. The van der Waals surface area contributed by atoms with Gasteiger partial charge in [0.05, 0.1) is 12.0 Å². The lowest BCUT2D eigenvalue weighted by Crippen LogP contribution is -2.17. The van der Waals surface area contributed by atoms with Gasteiger partial charge in [-0.05, 0) is 37.2 Å². The van der Waals surface area contributed by atoms with Crippen LogP contribution in [-0.4, -0.2) is 21.6 Å². The predicted octanol–water partition coefficient (Wildman–Crippen LogP) is 3.85. The number of hydrogen-bond donors (Lipinski definition) is 1. The molecule has 0 radical (unpaired) electrons. The third-order valence-electron chi connectivity index (χ3n) is 3.35. The number of thioether (sulfide) groups is 1. The van der Waals surface area contributed by atoms with Crippen molar-refractivity contribution in [2.75, 3.05) is 12.0 Å². The number of rotatable bonds is 10. The zero-order valence-corrected chi connectivity index (χ0v) is 13.5. The van der Waals surface area contributed by atoms with Crippen LogP contribution in [0.15, 0.2) is 12.5 Å². The Morgan fingerprint density at radius 2 is 2.00 bits per heavy atom. The van der Waals surface area contributed by atoms with Crippen molar-refractivity contribution in [2.24, 2.45) is 11.7 Å². The summed E-state index contributed by atoms with van der Waals surface area (Å²) in [5, 5.41) is 0. The zero-order chi connectivity index (χ0) is 14.1. The molecule has 4 heteroatoms. The molecule has 0 amide bonds. The van der Waals surface area contributed by atoms with E-state index in [4.69, 9.17) is 5.73 Å². The highest BCUT2D eigenvalue weighted by Gasteiger charge is 2.12. The molecule has 0 spiro atoms. The van der Waals surface area contributed by atoms with Gasteiger partial charge in [-0.2, -0.15) is 11.8 Å². The molecule has 1 aromatic heterocycles. The van der Waals surface area contributed by atoms with E-state index in [2.05, 4.69) is 29.7 Å². The van der Waals surface area contributed by atoms with Crippen molar-refractivity contribution in [3.8, 4) is 0 Å². The highest BCUT2D eigenvalue weighted by molar-refractivity contribution is 7.98. The summed E-state index contributed by atoms with van der Waals surface area (Å²) >= 11 is 1.94. The van der Waals surface area contributed by atoms with Gasteiger partial charge < -0.3 is 10.3 Å². The van der Waals surface area contributed by atoms with E-state index in [9.17, 15) is 0 Å². The molecule has 0 aromatic carbocycles. The van der Waals surface area contributed by atoms with Crippen LogP contribution in [0.3, 0.4) is 0 Å². The monoisotopic (exact) mass is 283 g/mol. The minimum absolute atomic E-state index is 0.124. The van der Waals surface area contributed by atoms with Gasteiger partial charge in [-0.1, -0.05) is 26.7 Å². The first-order chi connectivity index (χ1) is 9.15. The quantitative estimate of drug-likeness (QED) is 0.663. The summed E-state index contributed by atoms with van der Waals surface area (Å²) in [6.45, 7) is 5.49. The second-order valence-corrected chi connectivity index (χ2v) is 6.64. The van der Waals surface area contributed by atoms with Crippen molar-refractivity contribution < 1.29 is 0 Å². The Hall–Kier alpha value is -0.480. The van der Waals surface area contributed by atoms with Crippen LogP contribution >= 0.6 is 11.8 Å². The third-order valence-corrected chi connectivity index (χ3v) is 4.04. The van der Waals surface area contributed by atoms with E-state index in [0.29, 0.717) is 5.92 Å². The van der Waals surface area contributed by atoms with Crippen LogP contribution in [0, 0.1) is 5.92 Å². The van der Waals surface area contributed by atoms with Crippen LogP contribution in [0.25, 0.3) is 0 Å². The van der Waals surface area contributed by atoms with Gasteiger partial charge in [-0.25, -0.2) is 4.98 Å². The van der Waals surface area contributed by atoms with E-state index in [1.807, 2.05) is 24.3 Å². The lowest BCUT2D eigenvalue weighted by atomic mass is 10.0. The molecule has 0 aliphatic carbocycles. The molecule has 0 saturated carbocycles. The number of nitrogens with zero attached hydrogens (tertiary/aromatic N) is 2. The molecule has 1 heterocycles. The van der Waals surface area contributed by atoms with Gasteiger partial charge in [0.25, 0.3) is 0 Å². The standard InChI is InChI=1S/C15H29N3S/c1-13(2)10-14(16)15-11-17-12-18(15)8-6-4-5-7-9-19-3/h11-14H,4-10,16H2,1-3H3. The Kier molecular flexibility index (Phi) is 8.22. The van der Waals surface area contributed by atoms with Crippen LogP contribution in [0.2, 0.25) is 0 Å². The fraction of sp³-hybridized carbons (Fsp3) is 0.800. The smallest absolute Gasteiger partial charge is 0.0948 e. The van der Waals surface area contributed by atoms with Crippen molar-refractivity contribution in [1.29, 1.82) is 0 Å². The first kappa shape index (κ1) is 16.6. The first-order valence-corrected chi connectivity index (χ1v) is 8.79. The number of aryl methyl sites for hydroxylation is 1. The Balaban J connectivity index is 2.32. The van der Waals surface area contributed by atoms with Gasteiger partial charge >= 0.3 is 0 Å². The number of nitrogens with two attached hydrogens (primary N) is 1. The predicted molar refractivity (Wildman–Crippen MR) is 85.5 cm³/mol. The van der Waals surface area contributed by atoms with Gasteiger partial charge in [-0.15, -0.1) is 0 Å². The van der Waals surface area contributed by atoms with E-state index >= 15 is 0 Å². The molecular formula is C15H29N3S. The molecule has 0 aliphatic heterocycles. The number of unbranched alkanes of at least 4 members (excludes halogenated alkanes) is 3. The Labute approximate surface area is 122 Å². The highest BCUT2D eigenvalue weighted by Crippen LogP contribution is 2.19. The molecule has 19 heavy (non-hydrogen) atoms. The van der Waals surface area contributed by atoms with Crippen molar-refractivity contribution in [3.05, 3.63) is 18.2 Å². The minimum atomic E-state index is 0.124. The summed E-state index contributed by atoms with van der Waals surface area (Å²) < 4.78 is 2.24. The van der Waals surface area contributed by atoms with Crippen molar-refractivity contribution in [2.45, 2.75) is 58.5 Å². The van der Waals surface area contributed by atoms with E-state index in [-0.39, 0.29) is 6.04 Å². The van der Waals surface area contributed by atoms with Gasteiger partial charge in [0.1, 0.15) is 0 Å². The van der Waals surface area contributed by atoms with Crippen LogP contribution in [0.1, 0.15) is 57.7 Å². The molecule has 110 valence electrons. The second kappa shape index (κ2) is 9.43. The third kappa shape index (κ3) is 6.48. The van der Waals surface area contributed by atoms with Gasteiger partial charge in [0.15, 0.2) is 0 Å². The number of aromatic nitrogens is 2. The molecule has 0 saturated heterocycles. The lowest BCUT2D eigenvalue weighted by molar-refractivity contribution is 0.475. The van der Waals surface area contributed by atoms with E-state index < -0.39 is 0 Å². The van der Waals surface area contributed by atoms with E-state index in [1.165, 1.54) is 37.1 Å². The largest absolute Gasteiger partial charge is 0.333 e. The van der Waals surface area contributed by atoms with Gasteiger partial charge in [-0.3, -0.25) is 0 Å². The first-order valence-electron chi connectivity index (χ1n) is 7.39. The van der Waals surface area contributed by atoms with Crippen LogP contribution in [-0.2, 0) is 6.54 Å². The summed E-state index contributed by atoms with van der Waals surface area (Å²) in [5.41, 5.74) is 7.44. The maximum absolute atomic E-state index is 6.25. The minimum Gasteiger partial charge on any atom is -0.333 e. The van der Waals surface area contributed by atoms with Gasteiger partial charge in [0.2, 0.25) is 0 Å². The van der Waals surface area contributed by atoms with E-state index in [0.717, 1.165) is 13.0 Å². The summed E-state index contributed by atoms with van der Waals surface area (Å²) in [6.07, 6.45) is 12.3. The Bertz CT molecular complexity index is 336. The normalized spacial score (nSPS) is 13.1. The summed E-state index contributed by atoms with van der Waals surface area (Å²) in [7, 11) is 0. The van der Waals surface area contributed by atoms with Crippen LogP contribution < -0.4 is 5.73 Å². The molecule has 0 fully saturated rings. The number of imidazole rings is 1. The number of hydrogen-bond acceptors (Lipinski definition) is 3. The summed E-state index contributed by atoms with van der Waals surface area (Å²) in [4.78, 5) is 4.26. The Morgan fingerprint density at radius 3 is 2.68 bits per heavy atom. The second-order valence-electron chi connectivity index (χ2n) is 5.65. The van der Waals surface area contributed by atoms with Crippen molar-refractivity contribution in [3.63, 3.8) is 0 Å². The molecule has 3 nitrogen and oxygen atoms in total. The average molecular weight is 283 g/mol. The summed E-state index contributed by atoms with van der Waals surface area (Å²) in [5.74, 6) is 1.92. The molecule has 0 aliphatic rings. The SMILES string of the molecule is CSCCCCCCn1cncc1C(N)CC(C)C. The van der Waals surface area contributed by atoms with Crippen LogP contribution in [0.4, 0.5) is 0 Å². The molecule has 2 N–H and O–H groups in total. The van der Waals surface area contributed by atoms with Crippen molar-refractivity contribution in [1.82, 2.24) is 9.55 Å². The van der Waals surface area contributed by atoms with Crippen LogP contribution in [0.5, 0.6) is 0 Å². The maximum atomic E-state index is 6.25. The maximum Gasteiger partial charge on any atom is 0.0948 e. The molecule has 0 bridgehead atoms. The average Bonchev–Trinajstić information content (AvgIpc) is 2.81. The fourth-order valence-corrected chi connectivity index (χ4v) is 2.83.